The van der Waals surface area contributed by atoms with Gasteiger partial charge in [0.25, 0.3) is 0 Å². The number of primary amides is 1. The first-order chi connectivity index (χ1) is 8.92. The van der Waals surface area contributed by atoms with Crippen LogP contribution in [0.1, 0.15) is 19.8 Å². The molecule has 0 atom stereocenters. The highest BCUT2D eigenvalue weighted by Crippen LogP contribution is 2.45. The van der Waals surface area contributed by atoms with E-state index in [-0.39, 0.29) is 31.5 Å². The number of oxime groups is 1. The molecule has 1 aliphatic carbocycles. The van der Waals surface area contributed by atoms with Crippen LogP contribution in [0.3, 0.4) is 0 Å². The zero-order valence-corrected chi connectivity index (χ0v) is 10.9. The first kappa shape index (κ1) is 15.2. The number of carbonyl (C=O) groups is 2. The molecule has 0 unspecified atom stereocenters. The van der Waals surface area contributed by atoms with E-state index < -0.39 is 11.3 Å². The fourth-order valence-corrected chi connectivity index (χ4v) is 2.32. The van der Waals surface area contributed by atoms with Gasteiger partial charge in [-0.15, -0.1) is 0 Å². The normalized spacial score (nSPS) is 26.6. The van der Waals surface area contributed by atoms with Gasteiger partial charge in [0, 0.05) is 6.54 Å². The lowest BCUT2D eigenvalue weighted by molar-refractivity contribution is -0.133. The first-order valence-electron chi connectivity index (χ1n) is 6.04. The van der Waals surface area contributed by atoms with Gasteiger partial charge in [0.1, 0.15) is 12.0 Å². The predicted molar refractivity (Wildman–Crippen MR) is 67.3 cm³/mol. The number of amidine groups is 1. The van der Waals surface area contributed by atoms with Crippen LogP contribution >= 0.6 is 0 Å². The standard InChI is InChI=1S/C11H20N4O4/c1-7-4-11(5-7,9(13)15-18)10(17)14-2-3-19-6-8(12)16/h7,18H,2-6H2,1H3,(H2,12,16)(H2,13,15)(H,14,17). The molecule has 8 nitrogen and oxygen atoms in total. The van der Waals surface area contributed by atoms with Gasteiger partial charge < -0.3 is 26.7 Å². The van der Waals surface area contributed by atoms with E-state index in [2.05, 4.69) is 10.5 Å². The van der Waals surface area contributed by atoms with E-state index in [0.29, 0.717) is 18.8 Å². The molecule has 1 saturated carbocycles. The molecule has 0 heterocycles. The lowest BCUT2D eigenvalue weighted by Crippen LogP contribution is -2.57. The Morgan fingerprint density at radius 3 is 2.58 bits per heavy atom. The fourth-order valence-electron chi connectivity index (χ4n) is 2.32. The molecular formula is C11H20N4O4. The van der Waals surface area contributed by atoms with Gasteiger partial charge in [-0.25, -0.2) is 0 Å². The first-order valence-corrected chi connectivity index (χ1v) is 6.04. The molecule has 6 N–H and O–H groups in total. The van der Waals surface area contributed by atoms with Crippen molar-refractivity contribution in [1.29, 1.82) is 0 Å². The van der Waals surface area contributed by atoms with Crippen molar-refractivity contribution in [1.82, 2.24) is 5.32 Å². The second-order valence-corrected chi connectivity index (χ2v) is 4.86. The summed E-state index contributed by atoms with van der Waals surface area (Å²) in [6, 6.07) is 0. The van der Waals surface area contributed by atoms with Gasteiger partial charge in [0.2, 0.25) is 11.8 Å². The molecule has 0 aromatic rings. The Kier molecular flexibility index (Phi) is 5.11. The Hall–Kier alpha value is -1.83. The number of rotatable bonds is 7. The van der Waals surface area contributed by atoms with Gasteiger partial charge in [0.15, 0.2) is 5.84 Å². The van der Waals surface area contributed by atoms with Crippen LogP contribution in [0.5, 0.6) is 0 Å². The molecule has 0 saturated heterocycles. The minimum Gasteiger partial charge on any atom is -0.409 e. The minimum atomic E-state index is -0.919. The largest absolute Gasteiger partial charge is 0.409 e. The second kappa shape index (κ2) is 6.37. The van der Waals surface area contributed by atoms with Crippen molar-refractivity contribution >= 4 is 17.6 Å². The number of hydrogen-bond acceptors (Lipinski definition) is 5. The van der Waals surface area contributed by atoms with Crippen LogP contribution in [0, 0.1) is 11.3 Å². The summed E-state index contributed by atoms with van der Waals surface area (Å²) in [6.45, 7) is 2.22. The lowest BCUT2D eigenvalue weighted by Gasteiger charge is -2.43. The zero-order chi connectivity index (χ0) is 14.5. The molecule has 0 aromatic heterocycles. The third-order valence-corrected chi connectivity index (χ3v) is 3.20. The van der Waals surface area contributed by atoms with Gasteiger partial charge in [0.05, 0.1) is 6.61 Å². The van der Waals surface area contributed by atoms with Crippen molar-refractivity contribution in [2.75, 3.05) is 19.8 Å². The predicted octanol–water partition coefficient (Wildman–Crippen LogP) is -1.23. The number of nitrogens with zero attached hydrogens (tertiary/aromatic N) is 1. The zero-order valence-electron chi connectivity index (χ0n) is 10.9. The van der Waals surface area contributed by atoms with Crippen molar-refractivity contribution in [2.45, 2.75) is 19.8 Å². The molecule has 0 aliphatic heterocycles. The SMILES string of the molecule is CC1CC(C(=O)NCCOCC(N)=O)(C(N)=NO)C1. The number of hydrogen-bond donors (Lipinski definition) is 4. The molecule has 1 fully saturated rings. The highest BCUT2D eigenvalue weighted by Gasteiger charge is 2.51. The Bertz CT molecular complexity index is 377. The van der Waals surface area contributed by atoms with Crippen molar-refractivity contribution < 1.29 is 19.5 Å². The fraction of sp³-hybridized carbons (Fsp3) is 0.727. The van der Waals surface area contributed by atoms with Gasteiger partial charge in [-0.2, -0.15) is 0 Å². The van der Waals surface area contributed by atoms with Crippen LogP contribution in [0.4, 0.5) is 0 Å². The summed E-state index contributed by atoms with van der Waals surface area (Å²) in [4.78, 5) is 22.5. The van der Waals surface area contributed by atoms with Gasteiger partial charge >= 0.3 is 0 Å². The molecule has 1 aliphatic rings. The maximum absolute atomic E-state index is 12.1. The van der Waals surface area contributed by atoms with Gasteiger partial charge in [-0.1, -0.05) is 12.1 Å². The van der Waals surface area contributed by atoms with E-state index in [1.54, 1.807) is 0 Å². The average molecular weight is 272 g/mol. The van der Waals surface area contributed by atoms with Crippen molar-refractivity contribution in [3.8, 4) is 0 Å². The van der Waals surface area contributed by atoms with Crippen LogP contribution in [0.15, 0.2) is 5.16 Å². The van der Waals surface area contributed by atoms with E-state index in [1.165, 1.54) is 0 Å². The molecular weight excluding hydrogens is 252 g/mol. The Morgan fingerprint density at radius 1 is 1.47 bits per heavy atom. The molecule has 0 bridgehead atoms. The second-order valence-electron chi connectivity index (χ2n) is 4.86. The van der Waals surface area contributed by atoms with Crippen LogP contribution in [0.25, 0.3) is 0 Å². The molecule has 2 amide bonds. The van der Waals surface area contributed by atoms with Crippen molar-refractivity contribution in [2.24, 2.45) is 28.0 Å². The van der Waals surface area contributed by atoms with Crippen LogP contribution < -0.4 is 16.8 Å². The van der Waals surface area contributed by atoms with Crippen LogP contribution in [-0.2, 0) is 14.3 Å². The smallest absolute Gasteiger partial charge is 0.243 e. The summed E-state index contributed by atoms with van der Waals surface area (Å²) < 4.78 is 4.92. The average Bonchev–Trinajstić information content (AvgIpc) is 2.32. The topological polar surface area (TPSA) is 140 Å². The van der Waals surface area contributed by atoms with E-state index in [9.17, 15) is 9.59 Å². The summed E-state index contributed by atoms with van der Waals surface area (Å²) in [5, 5.41) is 14.3. The summed E-state index contributed by atoms with van der Waals surface area (Å²) in [5.41, 5.74) is 9.57. The summed E-state index contributed by atoms with van der Waals surface area (Å²) in [7, 11) is 0. The Balaban J connectivity index is 2.40. The van der Waals surface area contributed by atoms with Crippen LogP contribution in [-0.4, -0.2) is 42.6 Å². The maximum Gasteiger partial charge on any atom is 0.243 e. The quantitative estimate of drug-likeness (QED) is 0.151. The molecule has 0 spiro atoms. The van der Waals surface area contributed by atoms with Gasteiger partial charge in [-0.05, 0) is 18.8 Å². The summed E-state index contributed by atoms with van der Waals surface area (Å²) >= 11 is 0. The molecule has 0 aromatic carbocycles. The van der Waals surface area contributed by atoms with E-state index in [0.717, 1.165) is 0 Å². The molecule has 8 heteroatoms. The van der Waals surface area contributed by atoms with E-state index in [4.69, 9.17) is 21.4 Å². The third-order valence-electron chi connectivity index (χ3n) is 3.20. The monoisotopic (exact) mass is 272 g/mol. The lowest BCUT2D eigenvalue weighted by atomic mass is 9.61. The molecule has 19 heavy (non-hydrogen) atoms. The Morgan fingerprint density at radius 2 is 2.11 bits per heavy atom. The molecule has 108 valence electrons. The number of ether oxygens (including phenoxy) is 1. The van der Waals surface area contributed by atoms with Crippen LogP contribution in [0.2, 0.25) is 0 Å². The number of nitrogens with one attached hydrogen (secondary N) is 1. The highest BCUT2D eigenvalue weighted by atomic mass is 16.5. The van der Waals surface area contributed by atoms with Crippen molar-refractivity contribution in [3.63, 3.8) is 0 Å². The molecule has 1 rings (SSSR count). The van der Waals surface area contributed by atoms with Gasteiger partial charge in [-0.3, -0.25) is 9.59 Å². The molecule has 0 radical (unpaired) electrons. The summed E-state index contributed by atoms with van der Waals surface area (Å²) in [5.74, 6) is -0.561. The van der Waals surface area contributed by atoms with E-state index in [1.807, 2.05) is 6.92 Å². The number of carbonyl (C=O) groups excluding carboxylic acids is 2. The maximum atomic E-state index is 12.1. The number of nitrogens with two attached hydrogens (primary N) is 2. The van der Waals surface area contributed by atoms with Crippen molar-refractivity contribution in [3.05, 3.63) is 0 Å². The Labute approximate surface area is 111 Å². The summed E-state index contributed by atoms with van der Waals surface area (Å²) in [6.07, 6.45) is 1.10. The minimum absolute atomic E-state index is 0.0684. The van der Waals surface area contributed by atoms with E-state index >= 15 is 0 Å². The highest BCUT2D eigenvalue weighted by molar-refractivity contribution is 6.07. The third kappa shape index (κ3) is 3.57. The number of amides is 2.